The number of nitrogens with zero attached hydrogens (tertiary/aromatic N) is 5. The number of benzene rings is 1. The Morgan fingerprint density at radius 3 is 2.43 bits per heavy atom. The van der Waals surface area contributed by atoms with Crippen molar-refractivity contribution in [2.24, 2.45) is 0 Å². The Kier molecular flexibility index (Phi) is 6.59. The van der Waals surface area contributed by atoms with Crippen molar-refractivity contribution in [1.82, 2.24) is 24.5 Å². The highest BCUT2D eigenvalue weighted by atomic mass is 35.5. The molecule has 0 unspecified atom stereocenters. The molecule has 2 aromatic heterocycles. The van der Waals surface area contributed by atoms with E-state index in [1.807, 2.05) is 0 Å². The van der Waals surface area contributed by atoms with Gasteiger partial charge >= 0.3 is 6.18 Å². The normalized spacial score (nSPS) is 11.7. The molecular formula is C17H14Cl3F3N6O. The minimum absolute atomic E-state index is 0.0365. The fourth-order valence-corrected chi connectivity index (χ4v) is 3.35. The zero-order valence-corrected chi connectivity index (χ0v) is 17.6. The van der Waals surface area contributed by atoms with Gasteiger partial charge < -0.3 is 0 Å². The highest BCUT2D eigenvalue weighted by molar-refractivity contribution is 6.36. The second-order valence-corrected chi connectivity index (χ2v) is 7.43. The zero-order valence-electron chi connectivity index (χ0n) is 15.3. The van der Waals surface area contributed by atoms with E-state index in [0.29, 0.717) is 15.6 Å². The van der Waals surface area contributed by atoms with Crippen LogP contribution < -0.4 is 5.32 Å². The van der Waals surface area contributed by atoms with Gasteiger partial charge in [0.25, 0.3) is 0 Å². The molecule has 1 aromatic carbocycles. The van der Waals surface area contributed by atoms with Crippen LogP contribution >= 0.6 is 34.8 Å². The fraction of sp³-hybridized carbons (Fsp3) is 0.294. The quantitative estimate of drug-likeness (QED) is 0.547. The topological polar surface area (TPSA) is 77.6 Å². The SMILES string of the molecule is Cc1c(Cl)c(C(F)(F)F)nn1CCC(=O)Nc1ncn(Cc2c(Cl)cccc2Cl)n1. The molecular weight excluding hydrogens is 468 g/mol. The van der Waals surface area contributed by atoms with Crippen molar-refractivity contribution in [3.8, 4) is 0 Å². The van der Waals surface area contributed by atoms with Gasteiger partial charge in [-0.25, -0.2) is 9.67 Å². The Morgan fingerprint density at radius 2 is 1.83 bits per heavy atom. The minimum Gasteiger partial charge on any atom is -0.293 e. The molecule has 160 valence electrons. The number of rotatable bonds is 6. The van der Waals surface area contributed by atoms with Gasteiger partial charge in [-0.3, -0.25) is 14.8 Å². The van der Waals surface area contributed by atoms with E-state index in [-0.39, 0.29) is 31.2 Å². The fourth-order valence-electron chi connectivity index (χ4n) is 2.59. The van der Waals surface area contributed by atoms with Crippen LogP contribution in [-0.4, -0.2) is 30.5 Å². The Morgan fingerprint density at radius 1 is 1.17 bits per heavy atom. The minimum atomic E-state index is -4.67. The molecule has 0 spiro atoms. The molecule has 0 saturated carbocycles. The predicted molar refractivity (Wildman–Crippen MR) is 106 cm³/mol. The number of nitrogens with one attached hydrogen (secondary N) is 1. The predicted octanol–water partition coefficient (Wildman–Crippen LogP) is 4.84. The zero-order chi connectivity index (χ0) is 22.1. The first-order valence-corrected chi connectivity index (χ1v) is 9.62. The van der Waals surface area contributed by atoms with Crippen LogP contribution in [0.25, 0.3) is 0 Å². The smallest absolute Gasteiger partial charge is 0.293 e. The van der Waals surface area contributed by atoms with Crippen molar-refractivity contribution in [1.29, 1.82) is 0 Å². The van der Waals surface area contributed by atoms with Crippen LogP contribution in [0.2, 0.25) is 15.1 Å². The highest BCUT2D eigenvalue weighted by Crippen LogP contribution is 2.35. The Labute approximate surface area is 183 Å². The Hall–Kier alpha value is -2.30. The molecule has 0 saturated heterocycles. The molecule has 0 aliphatic carbocycles. The van der Waals surface area contributed by atoms with E-state index in [9.17, 15) is 18.0 Å². The van der Waals surface area contributed by atoms with E-state index in [2.05, 4.69) is 20.5 Å². The third-order valence-electron chi connectivity index (χ3n) is 4.12. The number of amides is 1. The first-order valence-electron chi connectivity index (χ1n) is 8.48. The van der Waals surface area contributed by atoms with E-state index >= 15 is 0 Å². The summed E-state index contributed by atoms with van der Waals surface area (Å²) in [7, 11) is 0. The van der Waals surface area contributed by atoms with Gasteiger partial charge in [0.05, 0.1) is 23.8 Å². The summed E-state index contributed by atoms with van der Waals surface area (Å²) in [5.74, 6) is -0.461. The molecule has 3 aromatic rings. The van der Waals surface area contributed by atoms with Crippen molar-refractivity contribution in [3.05, 3.63) is 56.5 Å². The average Bonchev–Trinajstić information content (AvgIpc) is 3.21. The third-order valence-corrected chi connectivity index (χ3v) is 5.28. The Balaban J connectivity index is 1.60. The average molecular weight is 482 g/mol. The first kappa shape index (κ1) is 22.4. The van der Waals surface area contributed by atoms with Crippen LogP contribution in [0.15, 0.2) is 24.5 Å². The number of carbonyl (C=O) groups excluding carboxylic acids is 1. The van der Waals surface area contributed by atoms with Crippen molar-refractivity contribution in [3.63, 3.8) is 0 Å². The van der Waals surface area contributed by atoms with Crippen LogP contribution in [0.5, 0.6) is 0 Å². The van der Waals surface area contributed by atoms with Gasteiger partial charge in [-0.05, 0) is 19.1 Å². The summed E-state index contributed by atoms with van der Waals surface area (Å²) in [6.07, 6.45) is -3.43. The molecule has 0 atom stereocenters. The lowest BCUT2D eigenvalue weighted by Gasteiger charge is -2.06. The summed E-state index contributed by atoms with van der Waals surface area (Å²) in [6.45, 7) is 1.54. The molecule has 1 N–H and O–H groups in total. The number of carbonyl (C=O) groups is 1. The van der Waals surface area contributed by atoms with Gasteiger partial charge in [-0.2, -0.15) is 18.3 Å². The number of hydrogen-bond acceptors (Lipinski definition) is 4. The van der Waals surface area contributed by atoms with Gasteiger partial charge in [0.15, 0.2) is 5.69 Å². The first-order chi connectivity index (χ1) is 14.1. The van der Waals surface area contributed by atoms with Gasteiger partial charge in [-0.15, -0.1) is 5.10 Å². The third kappa shape index (κ3) is 5.05. The van der Waals surface area contributed by atoms with E-state index in [0.717, 1.165) is 4.68 Å². The summed E-state index contributed by atoms with van der Waals surface area (Å²) >= 11 is 17.9. The standard InChI is InChI=1S/C17H14Cl3F3N6O/c1-9-14(20)15(17(21,22)23)26-29(9)6-5-13(30)25-16-24-8-28(27-16)7-10-11(18)3-2-4-12(10)19/h2-4,8H,5-7H2,1H3,(H,25,27,30). The molecule has 0 fully saturated rings. The second kappa shape index (κ2) is 8.83. The van der Waals surface area contributed by atoms with Crippen molar-refractivity contribution in [2.45, 2.75) is 32.6 Å². The molecule has 0 aliphatic rings. The van der Waals surface area contributed by atoms with Crippen molar-refractivity contribution >= 4 is 46.7 Å². The lowest BCUT2D eigenvalue weighted by molar-refractivity contribution is -0.141. The number of alkyl halides is 3. The van der Waals surface area contributed by atoms with Gasteiger partial charge in [0.1, 0.15) is 6.33 Å². The van der Waals surface area contributed by atoms with E-state index < -0.39 is 22.8 Å². The molecule has 13 heteroatoms. The van der Waals surface area contributed by atoms with Crippen molar-refractivity contribution < 1.29 is 18.0 Å². The second-order valence-electron chi connectivity index (χ2n) is 6.23. The molecule has 0 radical (unpaired) electrons. The van der Waals surface area contributed by atoms with Crippen LogP contribution in [0.3, 0.4) is 0 Å². The maximum atomic E-state index is 12.9. The number of anilines is 1. The number of halogens is 6. The number of hydrogen-bond donors (Lipinski definition) is 1. The van der Waals surface area contributed by atoms with Gasteiger partial charge in [0.2, 0.25) is 11.9 Å². The van der Waals surface area contributed by atoms with Crippen LogP contribution in [-0.2, 0) is 24.1 Å². The van der Waals surface area contributed by atoms with Crippen LogP contribution in [0, 0.1) is 6.92 Å². The van der Waals surface area contributed by atoms with Gasteiger partial charge in [-0.1, -0.05) is 40.9 Å². The summed E-state index contributed by atoms with van der Waals surface area (Å²) < 4.78 is 41.1. The molecule has 2 heterocycles. The van der Waals surface area contributed by atoms with E-state index in [4.69, 9.17) is 34.8 Å². The summed E-state index contributed by atoms with van der Waals surface area (Å²) in [6, 6.07) is 5.10. The summed E-state index contributed by atoms with van der Waals surface area (Å²) in [5.41, 5.74) is -0.411. The molecule has 30 heavy (non-hydrogen) atoms. The highest BCUT2D eigenvalue weighted by Gasteiger charge is 2.38. The molecule has 0 aliphatic heterocycles. The van der Waals surface area contributed by atoms with Crippen LogP contribution in [0.4, 0.5) is 19.1 Å². The molecule has 7 nitrogen and oxygen atoms in total. The van der Waals surface area contributed by atoms with Crippen molar-refractivity contribution in [2.75, 3.05) is 5.32 Å². The lowest BCUT2D eigenvalue weighted by atomic mass is 10.2. The Bertz CT molecular complexity index is 1060. The van der Waals surface area contributed by atoms with Gasteiger partial charge in [0, 0.05) is 22.0 Å². The maximum absolute atomic E-state index is 12.9. The molecule has 1 amide bonds. The summed E-state index contributed by atoms with van der Waals surface area (Å²) in [5, 5.41) is 10.5. The monoisotopic (exact) mass is 480 g/mol. The number of aromatic nitrogens is 5. The summed E-state index contributed by atoms with van der Waals surface area (Å²) in [4.78, 5) is 16.1. The largest absolute Gasteiger partial charge is 0.436 e. The number of aryl methyl sites for hydroxylation is 1. The lowest BCUT2D eigenvalue weighted by Crippen LogP contribution is -2.17. The van der Waals surface area contributed by atoms with E-state index in [1.54, 1.807) is 18.2 Å². The molecule has 3 rings (SSSR count). The van der Waals surface area contributed by atoms with E-state index in [1.165, 1.54) is 17.9 Å². The molecule has 0 bridgehead atoms. The van der Waals surface area contributed by atoms with Crippen LogP contribution in [0.1, 0.15) is 23.4 Å². The maximum Gasteiger partial charge on any atom is 0.436 e.